The van der Waals surface area contributed by atoms with Gasteiger partial charge >= 0.3 is 0 Å². The SMILES string of the molecule is C1=CN(c2cc(-c3ccccn3)cc(N3C=CNC3)n2)CN1. The first kappa shape index (κ1) is 12.7. The van der Waals surface area contributed by atoms with Gasteiger partial charge in [-0.2, -0.15) is 0 Å². The molecule has 0 aliphatic carbocycles. The summed E-state index contributed by atoms with van der Waals surface area (Å²) in [6, 6.07) is 10.1. The molecule has 0 spiro atoms. The molecule has 110 valence electrons. The van der Waals surface area contributed by atoms with Crippen molar-refractivity contribution in [3.05, 3.63) is 61.3 Å². The molecule has 0 atom stereocenters. The van der Waals surface area contributed by atoms with Gasteiger partial charge in [0.15, 0.2) is 0 Å². The molecular formula is C16H16N6. The molecule has 6 heteroatoms. The smallest absolute Gasteiger partial charge is 0.137 e. The number of aromatic nitrogens is 2. The van der Waals surface area contributed by atoms with Gasteiger partial charge in [0.25, 0.3) is 0 Å². The summed E-state index contributed by atoms with van der Waals surface area (Å²) in [5.41, 5.74) is 2.00. The average molecular weight is 292 g/mol. The fourth-order valence-electron chi connectivity index (χ4n) is 2.49. The van der Waals surface area contributed by atoms with E-state index in [0.717, 1.165) is 36.2 Å². The Kier molecular flexibility index (Phi) is 3.12. The Bertz CT molecular complexity index is 684. The molecule has 2 aromatic rings. The number of anilines is 2. The lowest BCUT2D eigenvalue weighted by Gasteiger charge is -2.20. The molecule has 0 saturated heterocycles. The van der Waals surface area contributed by atoms with Gasteiger partial charge in [-0.15, -0.1) is 0 Å². The van der Waals surface area contributed by atoms with Crippen molar-refractivity contribution in [2.45, 2.75) is 0 Å². The molecule has 2 N–H and O–H groups in total. The molecule has 2 aliphatic heterocycles. The molecule has 2 aliphatic rings. The van der Waals surface area contributed by atoms with Gasteiger partial charge < -0.3 is 20.4 Å². The highest BCUT2D eigenvalue weighted by atomic mass is 15.3. The van der Waals surface area contributed by atoms with Crippen LogP contribution < -0.4 is 20.4 Å². The van der Waals surface area contributed by atoms with Crippen LogP contribution in [0.2, 0.25) is 0 Å². The molecule has 0 saturated carbocycles. The van der Waals surface area contributed by atoms with E-state index in [0.29, 0.717) is 0 Å². The van der Waals surface area contributed by atoms with Gasteiger partial charge in [-0.05, 0) is 24.3 Å². The fraction of sp³-hybridized carbons (Fsp3) is 0.125. The number of pyridine rings is 2. The zero-order chi connectivity index (χ0) is 14.8. The lowest BCUT2D eigenvalue weighted by molar-refractivity contribution is 0.867. The van der Waals surface area contributed by atoms with E-state index < -0.39 is 0 Å². The average Bonchev–Trinajstić information content (AvgIpc) is 3.29. The highest BCUT2D eigenvalue weighted by molar-refractivity contribution is 5.69. The third-order valence-electron chi connectivity index (χ3n) is 3.62. The molecule has 4 heterocycles. The number of rotatable bonds is 3. The van der Waals surface area contributed by atoms with Crippen LogP contribution in [0, 0.1) is 0 Å². The highest BCUT2D eigenvalue weighted by Gasteiger charge is 2.15. The minimum absolute atomic E-state index is 0.728. The summed E-state index contributed by atoms with van der Waals surface area (Å²) in [6.45, 7) is 1.46. The van der Waals surface area contributed by atoms with E-state index in [1.807, 2.05) is 49.2 Å². The number of nitrogens with one attached hydrogen (secondary N) is 2. The quantitative estimate of drug-likeness (QED) is 0.900. The molecule has 6 nitrogen and oxygen atoms in total. The monoisotopic (exact) mass is 292 g/mol. The van der Waals surface area contributed by atoms with Crippen LogP contribution in [-0.4, -0.2) is 23.3 Å². The van der Waals surface area contributed by atoms with Crippen molar-refractivity contribution >= 4 is 11.6 Å². The van der Waals surface area contributed by atoms with Crippen molar-refractivity contribution in [3.63, 3.8) is 0 Å². The third-order valence-corrected chi connectivity index (χ3v) is 3.62. The summed E-state index contributed by atoms with van der Waals surface area (Å²) in [7, 11) is 0. The molecule has 4 rings (SSSR count). The Hall–Kier alpha value is -3.02. The van der Waals surface area contributed by atoms with Crippen LogP contribution in [0.15, 0.2) is 61.3 Å². The van der Waals surface area contributed by atoms with Crippen LogP contribution >= 0.6 is 0 Å². The van der Waals surface area contributed by atoms with Crippen molar-refractivity contribution in [2.24, 2.45) is 0 Å². The second-order valence-electron chi connectivity index (χ2n) is 5.08. The number of hydrogen-bond donors (Lipinski definition) is 2. The van der Waals surface area contributed by atoms with E-state index in [2.05, 4.69) is 37.6 Å². The minimum Gasteiger partial charge on any atom is -0.372 e. The Morgan fingerprint density at radius 3 is 2.09 bits per heavy atom. The largest absolute Gasteiger partial charge is 0.372 e. The fourth-order valence-corrected chi connectivity index (χ4v) is 2.49. The summed E-state index contributed by atoms with van der Waals surface area (Å²) < 4.78 is 0. The van der Waals surface area contributed by atoms with Crippen molar-refractivity contribution in [2.75, 3.05) is 23.1 Å². The summed E-state index contributed by atoms with van der Waals surface area (Å²) in [6.07, 6.45) is 9.64. The Labute approximate surface area is 128 Å². The first-order valence-corrected chi connectivity index (χ1v) is 7.17. The molecular weight excluding hydrogens is 276 g/mol. The van der Waals surface area contributed by atoms with Crippen molar-refractivity contribution in [1.29, 1.82) is 0 Å². The van der Waals surface area contributed by atoms with E-state index in [1.165, 1.54) is 0 Å². The molecule has 22 heavy (non-hydrogen) atoms. The molecule has 0 bridgehead atoms. The second-order valence-corrected chi connectivity index (χ2v) is 5.08. The zero-order valence-corrected chi connectivity index (χ0v) is 12.0. The van der Waals surface area contributed by atoms with Gasteiger partial charge in [0.05, 0.1) is 19.0 Å². The maximum Gasteiger partial charge on any atom is 0.137 e. The Balaban J connectivity index is 1.79. The van der Waals surface area contributed by atoms with Crippen LogP contribution in [0.1, 0.15) is 0 Å². The number of hydrogen-bond acceptors (Lipinski definition) is 6. The molecule has 0 radical (unpaired) electrons. The molecule has 0 amide bonds. The second kappa shape index (κ2) is 5.40. The Morgan fingerprint density at radius 1 is 0.909 bits per heavy atom. The van der Waals surface area contributed by atoms with Gasteiger partial charge in [0, 0.05) is 36.6 Å². The topological polar surface area (TPSA) is 56.3 Å². The summed E-state index contributed by atoms with van der Waals surface area (Å²) in [5, 5.41) is 6.34. The van der Waals surface area contributed by atoms with Crippen LogP contribution in [-0.2, 0) is 0 Å². The lowest BCUT2D eigenvalue weighted by atomic mass is 10.1. The minimum atomic E-state index is 0.728. The van der Waals surface area contributed by atoms with Crippen molar-refractivity contribution in [1.82, 2.24) is 20.6 Å². The van der Waals surface area contributed by atoms with Gasteiger partial charge in [-0.3, -0.25) is 4.98 Å². The first-order chi connectivity index (χ1) is 10.9. The summed E-state index contributed by atoms with van der Waals surface area (Å²) in [4.78, 5) is 13.4. The normalized spacial score (nSPS) is 16.0. The van der Waals surface area contributed by atoms with Gasteiger partial charge in [-0.1, -0.05) is 6.07 Å². The van der Waals surface area contributed by atoms with E-state index >= 15 is 0 Å². The van der Waals surface area contributed by atoms with Gasteiger partial charge in [0.1, 0.15) is 11.6 Å². The maximum atomic E-state index is 4.76. The molecule has 2 aromatic heterocycles. The highest BCUT2D eigenvalue weighted by Crippen LogP contribution is 2.28. The third kappa shape index (κ3) is 2.35. The number of nitrogens with zero attached hydrogens (tertiary/aromatic N) is 4. The first-order valence-electron chi connectivity index (χ1n) is 7.17. The van der Waals surface area contributed by atoms with Crippen LogP contribution in [0.25, 0.3) is 11.3 Å². The molecule has 0 unspecified atom stereocenters. The van der Waals surface area contributed by atoms with E-state index in [9.17, 15) is 0 Å². The van der Waals surface area contributed by atoms with Crippen molar-refractivity contribution < 1.29 is 0 Å². The maximum absolute atomic E-state index is 4.76. The van der Waals surface area contributed by atoms with Crippen LogP contribution in [0.4, 0.5) is 11.6 Å². The van der Waals surface area contributed by atoms with Crippen molar-refractivity contribution in [3.8, 4) is 11.3 Å². The lowest BCUT2D eigenvalue weighted by Crippen LogP contribution is -2.24. The summed E-state index contributed by atoms with van der Waals surface area (Å²) >= 11 is 0. The Morgan fingerprint density at radius 2 is 1.59 bits per heavy atom. The predicted molar refractivity (Wildman–Crippen MR) is 86.7 cm³/mol. The summed E-state index contributed by atoms with van der Waals surface area (Å²) in [5.74, 6) is 1.81. The predicted octanol–water partition coefficient (Wildman–Crippen LogP) is 1.82. The van der Waals surface area contributed by atoms with Crippen LogP contribution in [0.3, 0.4) is 0 Å². The van der Waals surface area contributed by atoms with Gasteiger partial charge in [0.2, 0.25) is 0 Å². The van der Waals surface area contributed by atoms with E-state index in [-0.39, 0.29) is 0 Å². The van der Waals surface area contributed by atoms with E-state index in [1.54, 1.807) is 0 Å². The standard InChI is InChI=1S/C16H16N6/c1-2-4-19-14(3-1)13-9-15(21-7-5-17-11-21)20-16(10-13)22-8-6-18-12-22/h1-10,17-18H,11-12H2. The van der Waals surface area contributed by atoms with Crippen LogP contribution in [0.5, 0.6) is 0 Å². The van der Waals surface area contributed by atoms with Gasteiger partial charge in [-0.25, -0.2) is 4.98 Å². The molecule has 0 fully saturated rings. The molecule has 0 aromatic carbocycles. The van der Waals surface area contributed by atoms with E-state index in [4.69, 9.17) is 4.98 Å². The zero-order valence-electron chi connectivity index (χ0n) is 12.0.